The molecule has 1 atom stereocenters. The number of ether oxygens (including phenoxy) is 1. The molecule has 3 N–H and O–H groups in total. The molecule has 28 heavy (non-hydrogen) atoms. The highest BCUT2D eigenvalue weighted by molar-refractivity contribution is 5.90. The van der Waals surface area contributed by atoms with E-state index in [1.165, 1.54) is 13.5 Å². The molecule has 1 fully saturated rings. The summed E-state index contributed by atoms with van der Waals surface area (Å²) in [5.74, 6) is -1.01. The van der Waals surface area contributed by atoms with E-state index in [4.69, 9.17) is 4.74 Å². The van der Waals surface area contributed by atoms with Crippen molar-refractivity contribution in [1.29, 1.82) is 0 Å². The van der Waals surface area contributed by atoms with Crippen LogP contribution >= 0.6 is 0 Å². The molecule has 0 aliphatic heterocycles. The van der Waals surface area contributed by atoms with Gasteiger partial charge in [0, 0.05) is 29.4 Å². The van der Waals surface area contributed by atoms with Crippen molar-refractivity contribution in [3.8, 4) is 0 Å². The monoisotopic (exact) mass is 385 g/mol. The Hall–Kier alpha value is -2.83. The average Bonchev–Trinajstić information content (AvgIpc) is 3.14. The van der Waals surface area contributed by atoms with Gasteiger partial charge in [-0.3, -0.25) is 9.59 Å². The lowest BCUT2D eigenvalue weighted by Crippen LogP contribution is -2.47. The Balaban J connectivity index is 1.58. The van der Waals surface area contributed by atoms with Crippen LogP contribution in [0, 0.1) is 5.92 Å². The molecule has 7 heteroatoms. The highest BCUT2D eigenvalue weighted by Gasteiger charge is 2.25. The van der Waals surface area contributed by atoms with Crippen molar-refractivity contribution in [2.24, 2.45) is 5.92 Å². The van der Waals surface area contributed by atoms with Gasteiger partial charge in [-0.15, -0.1) is 0 Å². The molecule has 1 saturated carbocycles. The third-order valence-electron chi connectivity index (χ3n) is 5.32. The van der Waals surface area contributed by atoms with E-state index < -0.39 is 17.9 Å². The zero-order valence-electron chi connectivity index (χ0n) is 16.1. The molecular formula is C21H27N3O4. The maximum Gasteiger partial charge on any atom is 0.328 e. The fourth-order valence-corrected chi connectivity index (χ4v) is 3.78. The van der Waals surface area contributed by atoms with E-state index in [0.717, 1.165) is 42.1 Å². The van der Waals surface area contributed by atoms with Gasteiger partial charge in [0.2, 0.25) is 11.8 Å². The molecule has 1 aliphatic carbocycles. The maximum atomic E-state index is 12.3. The van der Waals surface area contributed by atoms with Gasteiger partial charge in [0.05, 0.1) is 13.7 Å². The molecule has 2 amide bonds. The molecule has 1 aromatic carbocycles. The van der Waals surface area contributed by atoms with Crippen LogP contribution in [0.4, 0.5) is 0 Å². The minimum absolute atomic E-state index is 0.0100. The van der Waals surface area contributed by atoms with Gasteiger partial charge in [-0.05, 0) is 24.5 Å². The number of nitrogens with one attached hydrogen (secondary N) is 3. The van der Waals surface area contributed by atoms with Gasteiger partial charge in [-0.1, -0.05) is 37.5 Å². The van der Waals surface area contributed by atoms with Crippen LogP contribution in [0.3, 0.4) is 0 Å². The standard InChI is InChI=1S/C21H27N3O4/c1-28-21(27)18(11-15-12-22-17-10-6-5-9-16(15)17)24-19(25)13-23-20(26)14-7-3-2-4-8-14/h5-6,9-10,12,14,18,22H,2-4,7-8,11,13H2,1H3,(H,23,26)(H,24,25)/t18-/m1/s1. The van der Waals surface area contributed by atoms with Gasteiger partial charge in [0.25, 0.3) is 0 Å². The number of benzene rings is 1. The summed E-state index contributed by atoms with van der Waals surface area (Å²) < 4.78 is 4.84. The van der Waals surface area contributed by atoms with Gasteiger partial charge in [-0.2, -0.15) is 0 Å². The SMILES string of the molecule is COC(=O)[C@@H](Cc1c[nH]c2ccccc12)NC(=O)CNC(=O)C1CCCCC1. The summed E-state index contributed by atoms with van der Waals surface area (Å²) in [5.41, 5.74) is 1.88. The fourth-order valence-electron chi connectivity index (χ4n) is 3.78. The third-order valence-corrected chi connectivity index (χ3v) is 5.32. The molecule has 150 valence electrons. The summed E-state index contributed by atoms with van der Waals surface area (Å²) in [4.78, 5) is 39.8. The Morgan fingerprint density at radius 2 is 1.93 bits per heavy atom. The Kier molecular flexibility index (Phi) is 6.68. The van der Waals surface area contributed by atoms with Crippen LogP contribution in [-0.4, -0.2) is 42.5 Å². The van der Waals surface area contributed by atoms with E-state index in [1.807, 2.05) is 30.5 Å². The molecule has 0 spiro atoms. The van der Waals surface area contributed by atoms with Crippen LogP contribution in [0.5, 0.6) is 0 Å². The molecule has 1 heterocycles. The minimum Gasteiger partial charge on any atom is -0.467 e. The van der Waals surface area contributed by atoms with E-state index in [-0.39, 0.29) is 18.4 Å². The number of rotatable bonds is 7. The number of aromatic amines is 1. The Morgan fingerprint density at radius 3 is 2.68 bits per heavy atom. The smallest absolute Gasteiger partial charge is 0.328 e. The average molecular weight is 385 g/mol. The molecule has 0 unspecified atom stereocenters. The molecule has 0 saturated heterocycles. The number of para-hydroxylation sites is 1. The molecular weight excluding hydrogens is 358 g/mol. The van der Waals surface area contributed by atoms with Gasteiger partial charge in [0.1, 0.15) is 6.04 Å². The van der Waals surface area contributed by atoms with E-state index in [0.29, 0.717) is 6.42 Å². The number of carbonyl (C=O) groups is 3. The van der Waals surface area contributed by atoms with Gasteiger partial charge < -0.3 is 20.4 Å². The van der Waals surface area contributed by atoms with E-state index in [1.54, 1.807) is 0 Å². The number of carbonyl (C=O) groups excluding carboxylic acids is 3. The van der Waals surface area contributed by atoms with Crippen molar-refractivity contribution in [1.82, 2.24) is 15.6 Å². The first-order chi connectivity index (χ1) is 13.6. The Morgan fingerprint density at radius 1 is 1.18 bits per heavy atom. The molecule has 3 rings (SSSR count). The largest absolute Gasteiger partial charge is 0.467 e. The number of esters is 1. The van der Waals surface area contributed by atoms with E-state index >= 15 is 0 Å². The van der Waals surface area contributed by atoms with Crippen LogP contribution in [0.1, 0.15) is 37.7 Å². The van der Waals surface area contributed by atoms with E-state index in [2.05, 4.69) is 15.6 Å². The first-order valence-corrected chi connectivity index (χ1v) is 9.78. The molecule has 2 aromatic rings. The maximum absolute atomic E-state index is 12.3. The normalized spacial score (nSPS) is 15.8. The number of amides is 2. The molecule has 0 radical (unpaired) electrons. The lowest BCUT2D eigenvalue weighted by Gasteiger charge is -2.21. The summed E-state index contributed by atoms with van der Waals surface area (Å²) >= 11 is 0. The third kappa shape index (κ3) is 4.91. The topological polar surface area (TPSA) is 100 Å². The highest BCUT2D eigenvalue weighted by Crippen LogP contribution is 2.23. The fraction of sp³-hybridized carbons (Fsp3) is 0.476. The van der Waals surface area contributed by atoms with E-state index in [9.17, 15) is 14.4 Å². The summed E-state index contributed by atoms with van der Waals surface area (Å²) in [6, 6.07) is 6.94. The van der Waals surface area contributed by atoms with Gasteiger partial charge in [-0.25, -0.2) is 4.79 Å². The van der Waals surface area contributed by atoms with Crippen molar-refractivity contribution in [3.63, 3.8) is 0 Å². The van der Waals surface area contributed by atoms with Crippen LogP contribution in [0.15, 0.2) is 30.5 Å². The van der Waals surface area contributed by atoms with Gasteiger partial charge in [0.15, 0.2) is 0 Å². The van der Waals surface area contributed by atoms with Crippen molar-refractivity contribution < 1.29 is 19.1 Å². The number of aromatic nitrogens is 1. The second-order valence-corrected chi connectivity index (χ2v) is 7.26. The Labute approximate surface area is 164 Å². The van der Waals surface area contributed by atoms with Crippen LogP contribution in [0.25, 0.3) is 10.9 Å². The predicted molar refractivity (Wildman–Crippen MR) is 106 cm³/mol. The number of fused-ring (bicyclic) bond motifs is 1. The first kappa shape index (κ1) is 19.9. The minimum atomic E-state index is -0.816. The zero-order valence-corrected chi connectivity index (χ0v) is 16.1. The van der Waals surface area contributed by atoms with Crippen LogP contribution in [-0.2, 0) is 25.5 Å². The lowest BCUT2D eigenvalue weighted by atomic mass is 9.89. The first-order valence-electron chi connectivity index (χ1n) is 9.78. The predicted octanol–water partition coefficient (Wildman–Crippen LogP) is 2.06. The van der Waals surface area contributed by atoms with Crippen LogP contribution in [0.2, 0.25) is 0 Å². The summed E-state index contributed by atoms with van der Waals surface area (Å²) in [6.45, 7) is -0.142. The molecule has 1 aromatic heterocycles. The number of hydrogen-bond acceptors (Lipinski definition) is 4. The summed E-state index contributed by atoms with van der Waals surface area (Å²) in [7, 11) is 1.29. The second-order valence-electron chi connectivity index (χ2n) is 7.26. The Bertz CT molecular complexity index is 839. The second kappa shape index (κ2) is 9.39. The lowest BCUT2D eigenvalue weighted by molar-refractivity contribution is -0.145. The van der Waals surface area contributed by atoms with Crippen molar-refractivity contribution in [2.45, 2.75) is 44.6 Å². The number of methoxy groups -OCH3 is 1. The highest BCUT2D eigenvalue weighted by atomic mass is 16.5. The number of H-pyrrole nitrogens is 1. The summed E-state index contributed by atoms with van der Waals surface area (Å²) in [6.07, 6.45) is 7.16. The summed E-state index contributed by atoms with van der Waals surface area (Å²) in [5, 5.41) is 6.38. The van der Waals surface area contributed by atoms with Crippen molar-refractivity contribution >= 4 is 28.7 Å². The molecule has 1 aliphatic rings. The molecule has 7 nitrogen and oxygen atoms in total. The van der Waals surface area contributed by atoms with Gasteiger partial charge >= 0.3 is 5.97 Å². The quantitative estimate of drug-likeness (QED) is 0.635. The molecule has 0 bridgehead atoms. The van der Waals surface area contributed by atoms with Crippen molar-refractivity contribution in [2.75, 3.05) is 13.7 Å². The van der Waals surface area contributed by atoms with Crippen molar-refractivity contribution in [3.05, 3.63) is 36.0 Å². The van der Waals surface area contributed by atoms with Crippen LogP contribution < -0.4 is 10.6 Å². The zero-order chi connectivity index (χ0) is 19.9. The number of hydrogen-bond donors (Lipinski definition) is 3.